The van der Waals surface area contributed by atoms with Crippen molar-refractivity contribution < 1.29 is 4.79 Å². The SMILES string of the molecule is CC.CC.CC1CC(NC(=O)C(=N)c2ccc(N3CCCCCC3)nc2N)CCN1. The predicted octanol–water partition coefficient (Wildman–Crippen LogP) is 3.72. The maximum absolute atomic E-state index is 12.5. The number of anilines is 2. The maximum Gasteiger partial charge on any atom is 0.270 e. The van der Waals surface area contributed by atoms with E-state index in [4.69, 9.17) is 11.1 Å². The molecule has 7 heteroatoms. The molecule has 0 aliphatic carbocycles. The molecule has 2 aliphatic rings. The van der Waals surface area contributed by atoms with Gasteiger partial charge in [-0.1, -0.05) is 40.5 Å². The number of nitrogens with two attached hydrogens (primary N) is 1. The molecule has 0 bridgehead atoms. The van der Waals surface area contributed by atoms with Crippen molar-refractivity contribution in [2.45, 2.75) is 85.2 Å². The molecule has 0 radical (unpaired) electrons. The molecule has 5 N–H and O–H groups in total. The minimum atomic E-state index is -0.375. The zero-order valence-electron chi connectivity index (χ0n) is 19.6. The van der Waals surface area contributed by atoms with Crippen molar-refractivity contribution >= 4 is 23.3 Å². The maximum atomic E-state index is 12.5. The van der Waals surface area contributed by atoms with Crippen LogP contribution in [0.15, 0.2) is 12.1 Å². The van der Waals surface area contributed by atoms with Gasteiger partial charge in [-0.25, -0.2) is 4.98 Å². The standard InChI is InChI=1S/C19H30N6O.2C2H6/c1-13-12-14(8-9-22-13)23-19(26)17(20)15-6-7-16(24-18(15)21)25-10-4-2-3-5-11-25;2*1-2/h6-7,13-14,20,22H,2-5,8-12H2,1H3,(H2,21,24)(H,23,26);2*1-2H3. The summed E-state index contributed by atoms with van der Waals surface area (Å²) in [6, 6.07) is 4.12. The summed E-state index contributed by atoms with van der Waals surface area (Å²) in [6.07, 6.45) is 6.59. The highest BCUT2D eigenvalue weighted by Gasteiger charge is 2.23. The number of aromatic nitrogens is 1. The summed E-state index contributed by atoms with van der Waals surface area (Å²) in [4.78, 5) is 19.2. The van der Waals surface area contributed by atoms with Crippen molar-refractivity contribution in [3.8, 4) is 0 Å². The summed E-state index contributed by atoms with van der Waals surface area (Å²) in [7, 11) is 0. The molecule has 2 fully saturated rings. The molecule has 7 nitrogen and oxygen atoms in total. The van der Waals surface area contributed by atoms with Crippen LogP contribution >= 0.6 is 0 Å². The first-order valence-corrected chi connectivity index (χ1v) is 11.7. The third kappa shape index (κ3) is 7.59. The van der Waals surface area contributed by atoms with E-state index in [-0.39, 0.29) is 23.5 Å². The Kier molecular flexibility index (Phi) is 12.0. The highest BCUT2D eigenvalue weighted by molar-refractivity contribution is 6.45. The van der Waals surface area contributed by atoms with E-state index in [1.807, 2.05) is 33.8 Å². The zero-order chi connectivity index (χ0) is 22.5. The number of carbonyl (C=O) groups excluding carboxylic acids is 1. The van der Waals surface area contributed by atoms with Gasteiger partial charge in [0, 0.05) is 30.7 Å². The van der Waals surface area contributed by atoms with E-state index in [9.17, 15) is 4.79 Å². The molecule has 0 aromatic carbocycles. The molecule has 2 aliphatic heterocycles. The zero-order valence-corrected chi connectivity index (χ0v) is 19.6. The fourth-order valence-corrected chi connectivity index (χ4v) is 3.79. The van der Waals surface area contributed by atoms with Gasteiger partial charge in [-0.05, 0) is 51.3 Å². The summed E-state index contributed by atoms with van der Waals surface area (Å²) in [5.74, 6) is 0.722. The molecule has 2 unspecified atom stereocenters. The largest absolute Gasteiger partial charge is 0.383 e. The van der Waals surface area contributed by atoms with E-state index >= 15 is 0 Å². The third-order valence-corrected chi connectivity index (χ3v) is 5.30. The van der Waals surface area contributed by atoms with Gasteiger partial charge >= 0.3 is 0 Å². The lowest BCUT2D eigenvalue weighted by Crippen LogP contribution is -2.48. The first-order chi connectivity index (χ1) is 14.5. The summed E-state index contributed by atoms with van der Waals surface area (Å²) >= 11 is 0. The number of hydrogen-bond donors (Lipinski definition) is 4. The molecule has 2 saturated heterocycles. The van der Waals surface area contributed by atoms with Gasteiger partial charge in [-0.3, -0.25) is 10.2 Å². The molecule has 3 heterocycles. The molecule has 0 spiro atoms. The number of hydrogen-bond acceptors (Lipinski definition) is 6. The van der Waals surface area contributed by atoms with E-state index in [0.29, 0.717) is 11.6 Å². The summed E-state index contributed by atoms with van der Waals surface area (Å²) in [6.45, 7) is 13.0. The number of nitrogens with zero attached hydrogens (tertiary/aromatic N) is 2. The monoisotopic (exact) mass is 418 g/mol. The van der Waals surface area contributed by atoms with Gasteiger partial charge in [0.2, 0.25) is 0 Å². The molecule has 0 saturated carbocycles. The van der Waals surface area contributed by atoms with Gasteiger partial charge in [0.1, 0.15) is 17.3 Å². The molecule has 1 aromatic rings. The highest BCUT2D eigenvalue weighted by Crippen LogP contribution is 2.21. The molecular weight excluding hydrogens is 376 g/mol. The lowest BCUT2D eigenvalue weighted by Gasteiger charge is -2.28. The van der Waals surface area contributed by atoms with E-state index in [2.05, 4.69) is 27.4 Å². The number of pyridine rings is 1. The lowest BCUT2D eigenvalue weighted by atomic mass is 10.00. The Morgan fingerprint density at radius 3 is 2.37 bits per heavy atom. The van der Waals surface area contributed by atoms with Crippen LogP contribution in [-0.4, -0.2) is 48.3 Å². The Labute approximate surface area is 182 Å². The first-order valence-electron chi connectivity index (χ1n) is 11.7. The van der Waals surface area contributed by atoms with Crippen molar-refractivity contribution in [3.63, 3.8) is 0 Å². The predicted molar refractivity (Wildman–Crippen MR) is 127 cm³/mol. The number of rotatable bonds is 4. The van der Waals surface area contributed by atoms with Crippen molar-refractivity contribution in [1.29, 1.82) is 5.41 Å². The van der Waals surface area contributed by atoms with Crippen LogP contribution in [0.4, 0.5) is 11.6 Å². The van der Waals surface area contributed by atoms with Crippen LogP contribution in [0.1, 0.15) is 78.7 Å². The van der Waals surface area contributed by atoms with Gasteiger partial charge in [-0.15, -0.1) is 0 Å². The molecular formula is C23H42N6O. The van der Waals surface area contributed by atoms with Gasteiger partial charge in [0.05, 0.1) is 0 Å². The Bertz CT molecular complexity index is 655. The number of amides is 1. The van der Waals surface area contributed by atoms with Crippen LogP contribution in [0.5, 0.6) is 0 Å². The normalized spacial score (nSPS) is 21.2. The average Bonchev–Trinajstić information content (AvgIpc) is 3.06. The van der Waals surface area contributed by atoms with Gasteiger partial charge in [0.15, 0.2) is 0 Å². The fourth-order valence-electron chi connectivity index (χ4n) is 3.79. The summed E-state index contributed by atoms with van der Waals surface area (Å²) in [5.41, 5.74) is 6.39. The van der Waals surface area contributed by atoms with Gasteiger partial charge < -0.3 is 21.3 Å². The molecule has 2 atom stereocenters. The van der Waals surface area contributed by atoms with Crippen molar-refractivity contribution in [1.82, 2.24) is 15.6 Å². The van der Waals surface area contributed by atoms with Crippen molar-refractivity contribution in [2.75, 3.05) is 30.3 Å². The van der Waals surface area contributed by atoms with Gasteiger partial charge in [-0.2, -0.15) is 0 Å². The Hall–Kier alpha value is -2.15. The quantitative estimate of drug-likeness (QED) is 0.558. The van der Waals surface area contributed by atoms with E-state index in [1.165, 1.54) is 12.8 Å². The summed E-state index contributed by atoms with van der Waals surface area (Å²) in [5, 5.41) is 14.6. The van der Waals surface area contributed by atoms with E-state index < -0.39 is 0 Å². The fraction of sp³-hybridized carbons (Fsp3) is 0.696. The lowest BCUT2D eigenvalue weighted by molar-refractivity contribution is -0.115. The van der Waals surface area contributed by atoms with Crippen molar-refractivity contribution in [3.05, 3.63) is 17.7 Å². The van der Waals surface area contributed by atoms with Crippen LogP contribution < -0.4 is 21.3 Å². The summed E-state index contributed by atoms with van der Waals surface area (Å²) < 4.78 is 0. The third-order valence-electron chi connectivity index (χ3n) is 5.30. The molecule has 1 aromatic heterocycles. The highest BCUT2D eigenvalue weighted by atomic mass is 16.1. The van der Waals surface area contributed by atoms with Crippen molar-refractivity contribution in [2.24, 2.45) is 0 Å². The van der Waals surface area contributed by atoms with Crippen LogP contribution in [-0.2, 0) is 4.79 Å². The number of nitrogen functional groups attached to an aromatic ring is 1. The number of nitrogens with one attached hydrogen (secondary N) is 3. The first kappa shape index (κ1) is 25.9. The molecule has 1 amide bonds. The Morgan fingerprint density at radius 2 is 1.80 bits per heavy atom. The Balaban J connectivity index is 0.00000106. The van der Waals surface area contributed by atoms with Gasteiger partial charge in [0.25, 0.3) is 5.91 Å². The smallest absolute Gasteiger partial charge is 0.270 e. The molecule has 3 rings (SSSR count). The topological polar surface area (TPSA) is 107 Å². The van der Waals surface area contributed by atoms with E-state index in [1.54, 1.807) is 6.07 Å². The van der Waals surface area contributed by atoms with Crippen LogP contribution in [0, 0.1) is 5.41 Å². The second kappa shape index (κ2) is 14.0. The second-order valence-corrected chi connectivity index (χ2v) is 7.43. The molecule has 30 heavy (non-hydrogen) atoms. The Morgan fingerprint density at radius 1 is 1.17 bits per heavy atom. The van der Waals surface area contributed by atoms with Crippen LogP contribution in [0.2, 0.25) is 0 Å². The van der Waals surface area contributed by atoms with Crippen LogP contribution in [0.25, 0.3) is 0 Å². The average molecular weight is 419 g/mol. The number of carbonyl (C=O) groups is 1. The van der Waals surface area contributed by atoms with E-state index in [0.717, 1.165) is 51.1 Å². The molecule has 170 valence electrons. The van der Waals surface area contributed by atoms with Crippen LogP contribution in [0.3, 0.4) is 0 Å². The number of piperidine rings is 1. The second-order valence-electron chi connectivity index (χ2n) is 7.43. The minimum absolute atomic E-state index is 0.102. The minimum Gasteiger partial charge on any atom is -0.383 e.